The van der Waals surface area contributed by atoms with E-state index in [2.05, 4.69) is 19.2 Å². The smallest absolute Gasteiger partial charge is 0.220 e. The summed E-state index contributed by atoms with van der Waals surface area (Å²) in [5.74, 6) is -0.241. The zero-order valence-corrected chi connectivity index (χ0v) is 35.8. The molecule has 12 atom stereocenters. The first-order valence-corrected chi connectivity index (χ1v) is 22.9. The second-order valence-corrected chi connectivity index (χ2v) is 16.5. The number of aliphatic hydroxyl groups is 8. The first kappa shape index (κ1) is 52.9. The quantitative estimate of drug-likeness (QED) is 0.0324. The molecule has 14 nitrogen and oxygen atoms in total. The summed E-state index contributed by atoms with van der Waals surface area (Å²) >= 11 is 0. The summed E-state index contributed by atoms with van der Waals surface area (Å²) in [5, 5.41) is 86.3. The molecule has 2 aliphatic rings. The summed E-state index contributed by atoms with van der Waals surface area (Å²) in [4.78, 5) is 13.1. The monoisotopic (exact) mass is 834 g/mol. The van der Waals surface area contributed by atoms with Crippen LogP contribution in [0.5, 0.6) is 0 Å². The molecule has 58 heavy (non-hydrogen) atoms. The minimum atomic E-state index is -1.78. The van der Waals surface area contributed by atoms with Crippen molar-refractivity contribution in [3.63, 3.8) is 0 Å². The normalized spacial score (nSPS) is 28.9. The summed E-state index contributed by atoms with van der Waals surface area (Å²) in [6, 6.07) is -0.905. The number of hydrogen-bond acceptors (Lipinski definition) is 13. The van der Waals surface area contributed by atoms with Gasteiger partial charge in [-0.15, -0.1) is 0 Å². The molecule has 2 heterocycles. The number of nitrogens with one attached hydrogen (secondary N) is 1. The lowest BCUT2D eigenvalue weighted by Gasteiger charge is -2.46. The first-order chi connectivity index (χ1) is 28.1. The molecule has 0 aromatic rings. The minimum absolute atomic E-state index is 0.241. The van der Waals surface area contributed by atoms with Gasteiger partial charge < -0.3 is 65.1 Å². The number of aliphatic hydroxyl groups excluding tert-OH is 8. The Morgan fingerprint density at radius 3 is 1.59 bits per heavy atom. The molecule has 0 aromatic carbocycles. The second-order valence-electron chi connectivity index (χ2n) is 16.5. The number of carbonyl (C=O) groups excluding carboxylic acids is 1. The van der Waals surface area contributed by atoms with Gasteiger partial charge in [0.1, 0.15) is 48.8 Å². The molecule has 2 fully saturated rings. The van der Waals surface area contributed by atoms with Gasteiger partial charge in [-0.1, -0.05) is 154 Å². The van der Waals surface area contributed by atoms with E-state index in [-0.39, 0.29) is 18.9 Å². The number of carbonyl (C=O) groups is 1. The van der Waals surface area contributed by atoms with Crippen LogP contribution < -0.4 is 5.32 Å². The van der Waals surface area contributed by atoms with Gasteiger partial charge in [-0.25, -0.2) is 0 Å². The Balaban J connectivity index is 1.87. The van der Waals surface area contributed by atoms with Crippen molar-refractivity contribution >= 4 is 5.91 Å². The first-order valence-electron chi connectivity index (χ1n) is 22.9. The van der Waals surface area contributed by atoms with Gasteiger partial charge in [-0.2, -0.15) is 0 Å². The van der Waals surface area contributed by atoms with Crippen molar-refractivity contribution in [2.75, 3.05) is 19.8 Å². The van der Waals surface area contributed by atoms with Crippen molar-refractivity contribution in [2.24, 2.45) is 0 Å². The van der Waals surface area contributed by atoms with E-state index in [0.29, 0.717) is 6.42 Å². The summed E-state index contributed by atoms with van der Waals surface area (Å²) in [6.45, 7) is 2.73. The van der Waals surface area contributed by atoms with Gasteiger partial charge >= 0.3 is 0 Å². The second kappa shape index (κ2) is 32.4. The maximum absolute atomic E-state index is 13.1. The van der Waals surface area contributed by atoms with Gasteiger partial charge in [-0.05, 0) is 19.3 Å². The zero-order chi connectivity index (χ0) is 42.5. The van der Waals surface area contributed by atoms with E-state index in [1.54, 1.807) is 6.08 Å². The molecule has 9 N–H and O–H groups in total. The van der Waals surface area contributed by atoms with E-state index in [1.165, 1.54) is 103 Å². The Labute approximate surface area is 348 Å². The maximum Gasteiger partial charge on any atom is 0.220 e. The Hall–Kier alpha value is -1.27. The van der Waals surface area contributed by atoms with Crippen LogP contribution in [0.15, 0.2) is 12.2 Å². The van der Waals surface area contributed by atoms with Gasteiger partial charge in [0, 0.05) is 6.42 Å². The SMILES string of the molecule is CCCCCCCCC/C=C/[C@@H](O)[C@H](CO[C@@H]1O[C@H](CO)[C@@H](O[C@@H]2O[C@H](CO)[C@H](O)C(O)C2O)C(O)C1O)NC(=O)CCCCCCCCCCCCCCCCC. The van der Waals surface area contributed by atoms with Gasteiger partial charge in [0.25, 0.3) is 0 Å². The average Bonchev–Trinajstić information content (AvgIpc) is 3.22. The highest BCUT2D eigenvalue weighted by Crippen LogP contribution is 2.30. The summed E-state index contributed by atoms with van der Waals surface area (Å²) in [7, 11) is 0. The van der Waals surface area contributed by atoms with Gasteiger partial charge in [0.05, 0.1) is 32.0 Å². The largest absolute Gasteiger partial charge is 0.394 e. The molecule has 2 rings (SSSR count). The third-order valence-electron chi connectivity index (χ3n) is 11.5. The number of ether oxygens (including phenoxy) is 4. The lowest BCUT2D eigenvalue weighted by Crippen LogP contribution is -2.65. The van der Waals surface area contributed by atoms with Crippen LogP contribution in [0.4, 0.5) is 0 Å². The Morgan fingerprint density at radius 2 is 1.07 bits per heavy atom. The molecule has 0 spiro atoms. The molecule has 2 aliphatic heterocycles. The fourth-order valence-corrected chi connectivity index (χ4v) is 7.64. The number of amides is 1. The molecule has 1 amide bonds. The third-order valence-corrected chi connectivity index (χ3v) is 11.5. The standard InChI is InChI=1S/C44H83NO13/c1-3-5-7-9-11-13-14-15-16-17-18-20-22-24-26-28-36(49)45-32(33(48)27-25-23-21-19-12-10-8-6-4-2)31-55-43-41(54)39(52)42(35(30-47)57-43)58-44-40(53)38(51)37(50)34(29-46)56-44/h25,27,32-35,37-44,46-48,50-54H,3-24,26,28-31H2,1-2H3,(H,45,49)/b27-25+/t32-,33+,34+,35+,37-,38?,39?,40?,41?,42+,43+,44-/m0/s1. The van der Waals surface area contributed by atoms with Crippen LogP contribution in [0.1, 0.15) is 168 Å². The molecule has 0 aromatic heterocycles. The van der Waals surface area contributed by atoms with Gasteiger partial charge in [-0.3, -0.25) is 4.79 Å². The Kier molecular flexibility index (Phi) is 29.6. The molecule has 0 radical (unpaired) electrons. The van der Waals surface area contributed by atoms with E-state index >= 15 is 0 Å². The highest BCUT2D eigenvalue weighted by molar-refractivity contribution is 5.76. The highest BCUT2D eigenvalue weighted by atomic mass is 16.7. The minimum Gasteiger partial charge on any atom is -0.394 e. The molecular formula is C44H83NO13. The van der Waals surface area contributed by atoms with E-state index < -0.39 is 86.8 Å². The van der Waals surface area contributed by atoms with Crippen molar-refractivity contribution in [3.8, 4) is 0 Å². The number of rotatable bonds is 34. The maximum atomic E-state index is 13.1. The number of allylic oxidation sites excluding steroid dienone is 1. The van der Waals surface area contributed by atoms with E-state index in [1.807, 2.05) is 6.08 Å². The molecule has 0 saturated carbocycles. The van der Waals surface area contributed by atoms with Crippen LogP contribution in [0, 0.1) is 0 Å². The zero-order valence-electron chi connectivity index (χ0n) is 35.8. The van der Waals surface area contributed by atoms with E-state index in [4.69, 9.17) is 18.9 Å². The molecule has 2 saturated heterocycles. The van der Waals surface area contributed by atoms with Crippen molar-refractivity contribution in [1.29, 1.82) is 0 Å². The predicted octanol–water partition coefficient (Wildman–Crippen LogP) is 4.43. The van der Waals surface area contributed by atoms with Crippen LogP contribution in [0.3, 0.4) is 0 Å². The van der Waals surface area contributed by atoms with Crippen molar-refractivity contribution in [2.45, 2.75) is 242 Å². The molecule has 342 valence electrons. The highest BCUT2D eigenvalue weighted by Gasteiger charge is 2.50. The van der Waals surface area contributed by atoms with Crippen molar-refractivity contribution in [1.82, 2.24) is 5.32 Å². The van der Waals surface area contributed by atoms with Crippen molar-refractivity contribution in [3.05, 3.63) is 12.2 Å². The summed E-state index contributed by atoms with van der Waals surface area (Å²) in [5.41, 5.74) is 0. The van der Waals surface area contributed by atoms with Crippen LogP contribution in [-0.4, -0.2) is 140 Å². The Bertz CT molecular complexity index is 1040. The average molecular weight is 834 g/mol. The fourth-order valence-electron chi connectivity index (χ4n) is 7.64. The molecule has 4 unspecified atom stereocenters. The molecular weight excluding hydrogens is 750 g/mol. The Morgan fingerprint density at radius 1 is 0.603 bits per heavy atom. The van der Waals surface area contributed by atoms with Gasteiger partial charge in [0.15, 0.2) is 12.6 Å². The van der Waals surface area contributed by atoms with Gasteiger partial charge in [0.2, 0.25) is 5.91 Å². The van der Waals surface area contributed by atoms with Crippen LogP contribution in [0.25, 0.3) is 0 Å². The fraction of sp³-hybridized carbons (Fsp3) is 0.932. The number of hydrogen-bond donors (Lipinski definition) is 9. The third kappa shape index (κ3) is 20.5. The van der Waals surface area contributed by atoms with Crippen LogP contribution >= 0.6 is 0 Å². The predicted molar refractivity (Wildman–Crippen MR) is 222 cm³/mol. The summed E-state index contributed by atoms with van der Waals surface area (Å²) in [6.07, 6.45) is 14.1. The lowest BCUT2D eigenvalue weighted by atomic mass is 9.97. The van der Waals surface area contributed by atoms with Crippen LogP contribution in [0.2, 0.25) is 0 Å². The number of unbranched alkanes of at least 4 members (excludes halogenated alkanes) is 21. The molecule has 0 aliphatic carbocycles. The molecule has 14 heteroatoms. The molecule has 0 bridgehead atoms. The van der Waals surface area contributed by atoms with E-state index in [0.717, 1.165) is 38.5 Å². The van der Waals surface area contributed by atoms with Crippen LogP contribution in [-0.2, 0) is 23.7 Å². The topological polar surface area (TPSA) is 228 Å². The lowest BCUT2D eigenvalue weighted by molar-refractivity contribution is -0.359. The van der Waals surface area contributed by atoms with Crippen molar-refractivity contribution < 1.29 is 64.6 Å². The summed E-state index contributed by atoms with van der Waals surface area (Å²) < 4.78 is 22.6. The van der Waals surface area contributed by atoms with E-state index in [9.17, 15) is 45.6 Å².